The first kappa shape index (κ1) is 25.5. The second-order valence-electron chi connectivity index (χ2n) is 7.67. The van der Waals surface area contributed by atoms with Crippen molar-refractivity contribution in [3.8, 4) is 28.7 Å². The molecule has 0 unspecified atom stereocenters. The van der Waals surface area contributed by atoms with Gasteiger partial charge in [0.1, 0.15) is 17.2 Å². The predicted octanol–water partition coefficient (Wildman–Crippen LogP) is 3.63. The summed E-state index contributed by atoms with van der Waals surface area (Å²) in [6.07, 6.45) is 0. The van der Waals surface area contributed by atoms with E-state index in [1.54, 1.807) is 24.3 Å². The first-order chi connectivity index (χ1) is 17.1. The molecule has 182 valence electrons. The number of methoxy groups -OCH3 is 1. The number of para-hydroxylation sites is 1. The number of rotatable bonds is 7. The minimum absolute atomic E-state index is 0.0851. The van der Waals surface area contributed by atoms with E-state index in [2.05, 4.69) is 5.32 Å². The molecule has 0 radical (unpaired) electrons. The standard InChI is InChI=1S/C26H22N4O6/c1-14(31)30(2)21-11-19(22(32)12-17(21)16-6-4-5-7-23(16)36-3)24(28)25(33)29-20-9-8-15(13-27)10-18(20)26(34)35/h4-12,28,32H,1-3H3,(H,29,33)(H,34,35). The van der Waals surface area contributed by atoms with Crippen LogP contribution < -0.4 is 15.0 Å². The third-order valence-electron chi connectivity index (χ3n) is 5.47. The monoisotopic (exact) mass is 486 g/mol. The molecule has 0 fully saturated rings. The first-order valence-electron chi connectivity index (χ1n) is 10.5. The number of carboxylic acids is 1. The molecule has 0 aliphatic carbocycles. The molecule has 0 atom stereocenters. The van der Waals surface area contributed by atoms with Crippen LogP contribution in [-0.2, 0) is 9.59 Å². The molecule has 0 aromatic heterocycles. The van der Waals surface area contributed by atoms with Gasteiger partial charge in [-0.3, -0.25) is 15.0 Å². The number of anilines is 2. The number of hydrogen-bond acceptors (Lipinski definition) is 7. The van der Waals surface area contributed by atoms with Crippen LogP contribution in [0, 0.1) is 16.7 Å². The molecule has 4 N–H and O–H groups in total. The number of phenols is 1. The van der Waals surface area contributed by atoms with Crippen molar-refractivity contribution in [2.75, 3.05) is 24.4 Å². The van der Waals surface area contributed by atoms with Gasteiger partial charge in [-0.15, -0.1) is 0 Å². The highest BCUT2D eigenvalue weighted by Crippen LogP contribution is 2.40. The Kier molecular flexibility index (Phi) is 7.35. The van der Waals surface area contributed by atoms with Crippen LogP contribution in [0.5, 0.6) is 11.5 Å². The van der Waals surface area contributed by atoms with Gasteiger partial charge in [0.05, 0.1) is 35.7 Å². The van der Waals surface area contributed by atoms with E-state index in [1.165, 1.54) is 50.2 Å². The number of nitrogens with one attached hydrogen (secondary N) is 2. The van der Waals surface area contributed by atoms with E-state index in [4.69, 9.17) is 15.4 Å². The molecule has 10 heteroatoms. The van der Waals surface area contributed by atoms with E-state index < -0.39 is 23.3 Å². The minimum Gasteiger partial charge on any atom is -0.507 e. The molecule has 0 spiro atoms. The molecule has 0 saturated heterocycles. The SMILES string of the molecule is COc1ccccc1-c1cc(O)c(C(=N)C(=O)Nc2ccc(C#N)cc2C(=O)O)cc1N(C)C(C)=O. The number of nitrogens with zero attached hydrogens (tertiary/aromatic N) is 2. The fourth-order valence-corrected chi connectivity index (χ4v) is 3.51. The van der Waals surface area contributed by atoms with Crippen LogP contribution in [0.3, 0.4) is 0 Å². The van der Waals surface area contributed by atoms with Crippen LogP contribution >= 0.6 is 0 Å². The number of carbonyl (C=O) groups excluding carboxylic acids is 2. The zero-order chi connectivity index (χ0) is 26.6. The lowest BCUT2D eigenvalue weighted by Gasteiger charge is -2.22. The molecule has 0 aliphatic heterocycles. The number of carbonyl (C=O) groups is 3. The van der Waals surface area contributed by atoms with Gasteiger partial charge in [0, 0.05) is 30.7 Å². The highest BCUT2D eigenvalue weighted by molar-refractivity contribution is 6.48. The fraction of sp³-hybridized carbons (Fsp3) is 0.115. The molecular formula is C26H22N4O6. The molecule has 0 bridgehead atoms. The first-order valence-corrected chi connectivity index (χ1v) is 10.5. The molecular weight excluding hydrogens is 464 g/mol. The largest absolute Gasteiger partial charge is 0.507 e. The summed E-state index contributed by atoms with van der Waals surface area (Å²) in [5.41, 5.74) is 0.0940. The Bertz CT molecular complexity index is 1440. The van der Waals surface area contributed by atoms with Crippen LogP contribution in [0.25, 0.3) is 11.1 Å². The summed E-state index contributed by atoms with van der Waals surface area (Å²) in [7, 11) is 2.99. The van der Waals surface area contributed by atoms with Crippen molar-refractivity contribution < 1.29 is 29.3 Å². The Balaban J connectivity index is 2.08. The van der Waals surface area contributed by atoms with Gasteiger partial charge in [-0.2, -0.15) is 5.26 Å². The molecule has 3 rings (SSSR count). The van der Waals surface area contributed by atoms with Gasteiger partial charge in [-0.05, 0) is 36.4 Å². The number of hydrogen-bond donors (Lipinski definition) is 4. The van der Waals surface area contributed by atoms with Gasteiger partial charge in [0.2, 0.25) is 5.91 Å². The number of aromatic carboxylic acids is 1. The van der Waals surface area contributed by atoms with Crippen LogP contribution in [0.2, 0.25) is 0 Å². The number of benzene rings is 3. The molecule has 0 saturated carbocycles. The molecule has 0 aliphatic rings. The lowest BCUT2D eigenvalue weighted by molar-refractivity contribution is -0.116. The predicted molar refractivity (Wildman–Crippen MR) is 133 cm³/mol. The average molecular weight is 486 g/mol. The summed E-state index contributed by atoms with van der Waals surface area (Å²) < 4.78 is 5.40. The highest BCUT2D eigenvalue weighted by atomic mass is 16.5. The molecule has 3 aromatic rings. The van der Waals surface area contributed by atoms with Crippen molar-refractivity contribution in [1.29, 1.82) is 10.7 Å². The second-order valence-corrected chi connectivity index (χ2v) is 7.67. The van der Waals surface area contributed by atoms with Crippen LogP contribution in [0.15, 0.2) is 54.6 Å². The zero-order valence-corrected chi connectivity index (χ0v) is 19.6. The summed E-state index contributed by atoms with van der Waals surface area (Å²) in [6, 6.07) is 15.1. The Hall–Kier alpha value is -5.17. The van der Waals surface area contributed by atoms with Gasteiger partial charge in [0.25, 0.3) is 5.91 Å². The van der Waals surface area contributed by atoms with Gasteiger partial charge >= 0.3 is 5.97 Å². The Morgan fingerprint density at radius 3 is 2.36 bits per heavy atom. The van der Waals surface area contributed by atoms with Crippen LogP contribution in [-0.4, -0.2) is 47.9 Å². The van der Waals surface area contributed by atoms with Crippen molar-refractivity contribution in [1.82, 2.24) is 0 Å². The van der Waals surface area contributed by atoms with E-state index in [9.17, 15) is 24.6 Å². The summed E-state index contributed by atoms with van der Waals surface area (Å²) >= 11 is 0. The number of amides is 2. The molecule has 10 nitrogen and oxygen atoms in total. The van der Waals surface area contributed by atoms with Crippen molar-refractivity contribution in [2.24, 2.45) is 0 Å². The van der Waals surface area contributed by atoms with Gasteiger partial charge in [-0.1, -0.05) is 18.2 Å². The average Bonchev–Trinajstić information content (AvgIpc) is 2.87. The number of aromatic hydroxyl groups is 1. The summed E-state index contributed by atoms with van der Waals surface area (Å²) in [5, 5.41) is 39.9. The summed E-state index contributed by atoms with van der Waals surface area (Å²) in [5.74, 6) is -2.63. The normalized spacial score (nSPS) is 10.2. The van der Waals surface area contributed by atoms with Crippen molar-refractivity contribution in [3.63, 3.8) is 0 Å². The maximum absolute atomic E-state index is 12.9. The van der Waals surface area contributed by atoms with E-state index in [0.717, 1.165) is 6.07 Å². The molecule has 2 amide bonds. The quantitative estimate of drug-likeness (QED) is 0.370. The lowest BCUT2D eigenvalue weighted by Crippen LogP contribution is -2.26. The molecule has 3 aromatic carbocycles. The van der Waals surface area contributed by atoms with Gasteiger partial charge < -0.3 is 25.2 Å². The smallest absolute Gasteiger partial charge is 0.337 e. The Morgan fingerprint density at radius 1 is 1.06 bits per heavy atom. The maximum Gasteiger partial charge on any atom is 0.337 e. The fourth-order valence-electron chi connectivity index (χ4n) is 3.51. The van der Waals surface area contributed by atoms with E-state index in [1.807, 2.05) is 6.07 Å². The minimum atomic E-state index is -1.37. The van der Waals surface area contributed by atoms with Crippen molar-refractivity contribution >= 4 is 34.9 Å². The second kappa shape index (κ2) is 10.4. The number of ether oxygens (including phenoxy) is 1. The van der Waals surface area contributed by atoms with Crippen LogP contribution in [0.1, 0.15) is 28.4 Å². The Labute approximate surface area is 206 Å². The van der Waals surface area contributed by atoms with E-state index >= 15 is 0 Å². The third-order valence-corrected chi connectivity index (χ3v) is 5.47. The van der Waals surface area contributed by atoms with Gasteiger partial charge in [-0.25, -0.2) is 4.79 Å². The Morgan fingerprint density at radius 2 is 1.75 bits per heavy atom. The third kappa shape index (κ3) is 5.00. The molecule has 36 heavy (non-hydrogen) atoms. The number of carboxylic acid groups (broad SMARTS) is 1. The number of nitriles is 1. The topological polar surface area (TPSA) is 164 Å². The van der Waals surface area contributed by atoms with E-state index in [-0.39, 0.29) is 28.3 Å². The summed E-state index contributed by atoms with van der Waals surface area (Å²) in [4.78, 5) is 37.9. The highest BCUT2D eigenvalue weighted by Gasteiger charge is 2.24. The van der Waals surface area contributed by atoms with Crippen LogP contribution in [0.4, 0.5) is 11.4 Å². The summed E-state index contributed by atoms with van der Waals surface area (Å²) in [6.45, 7) is 1.34. The molecule has 0 heterocycles. The van der Waals surface area contributed by atoms with E-state index in [0.29, 0.717) is 22.6 Å². The van der Waals surface area contributed by atoms with Crippen molar-refractivity contribution in [3.05, 3.63) is 71.3 Å². The maximum atomic E-state index is 12.9. The lowest BCUT2D eigenvalue weighted by atomic mass is 9.96. The zero-order valence-electron chi connectivity index (χ0n) is 19.6. The number of phenolic OH excluding ortho intramolecular Hbond substituents is 1. The van der Waals surface area contributed by atoms with Gasteiger partial charge in [0.15, 0.2) is 0 Å². The van der Waals surface area contributed by atoms with Crippen molar-refractivity contribution in [2.45, 2.75) is 6.92 Å².